The van der Waals surface area contributed by atoms with Crippen LogP contribution in [0, 0.1) is 11.6 Å². The Kier molecular flexibility index (Phi) is 5.22. The summed E-state index contributed by atoms with van der Waals surface area (Å²) in [5.74, 6) is -0.386. The summed E-state index contributed by atoms with van der Waals surface area (Å²) in [5.41, 5.74) is 0.423. The molecule has 0 aliphatic heterocycles. The van der Waals surface area contributed by atoms with E-state index in [0.29, 0.717) is 16.9 Å². The number of halogens is 2. The zero-order chi connectivity index (χ0) is 13.8. The van der Waals surface area contributed by atoms with Gasteiger partial charge in [-0.05, 0) is 31.6 Å². The van der Waals surface area contributed by atoms with E-state index >= 15 is 0 Å². The van der Waals surface area contributed by atoms with Crippen LogP contribution in [0.15, 0.2) is 18.2 Å². The fraction of sp³-hybridized carbons (Fsp3) is 0.600. The van der Waals surface area contributed by atoms with Crippen molar-refractivity contribution >= 4 is 11.8 Å². The summed E-state index contributed by atoms with van der Waals surface area (Å²) in [5, 5.41) is 4.07. The van der Waals surface area contributed by atoms with E-state index in [-0.39, 0.29) is 6.04 Å². The summed E-state index contributed by atoms with van der Waals surface area (Å²) in [4.78, 5) is 0. The maximum absolute atomic E-state index is 13.8. The van der Waals surface area contributed by atoms with Crippen molar-refractivity contribution in [2.45, 2.75) is 50.4 Å². The fourth-order valence-corrected chi connectivity index (χ4v) is 4.00. The molecule has 0 saturated heterocycles. The highest BCUT2D eigenvalue weighted by atomic mass is 32.2. The highest BCUT2D eigenvalue weighted by Crippen LogP contribution is 2.32. The normalized spacial score (nSPS) is 24.6. The van der Waals surface area contributed by atoms with Crippen LogP contribution in [0.4, 0.5) is 8.78 Å². The van der Waals surface area contributed by atoms with Crippen LogP contribution in [-0.2, 0) is 0 Å². The lowest BCUT2D eigenvalue weighted by atomic mass is 10.1. The number of nitrogens with one attached hydrogen (secondary N) is 1. The smallest absolute Gasteiger partial charge is 0.163 e. The molecule has 1 nitrogen and oxygen atoms in total. The second-order valence-corrected chi connectivity index (χ2v) is 6.58. The Labute approximate surface area is 118 Å². The van der Waals surface area contributed by atoms with Crippen LogP contribution < -0.4 is 5.32 Å². The average Bonchev–Trinajstić information content (AvgIpc) is 2.80. The first-order chi connectivity index (χ1) is 9.13. The molecule has 0 radical (unpaired) electrons. The SMILES string of the molecule is CCSC1CCCC1NC(C)c1cccc(F)c1F. The maximum Gasteiger partial charge on any atom is 0.163 e. The second kappa shape index (κ2) is 6.71. The van der Waals surface area contributed by atoms with E-state index in [1.165, 1.54) is 12.8 Å². The van der Waals surface area contributed by atoms with E-state index in [1.807, 2.05) is 18.7 Å². The molecule has 0 bridgehead atoms. The molecule has 1 saturated carbocycles. The Hall–Kier alpha value is -0.610. The molecular weight excluding hydrogens is 264 g/mol. The minimum absolute atomic E-state index is 0.154. The first-order valence-electron chi connectivity index (χ1n) is 6.95. The number of thioether (sulfide) groups is 1. The van der Waals surface area contributed by atoms with Crippen LogP contribution in [0.2, 0.25) is 0 Å². The molecule has 0 amide bonds. The van der Waals surface area contributed by atoms with E-state index < -0.39 is 11.6 Å². The highest BCUT2D eigenvalue weighted by molar-refractivity contribution is 7.99. The number of hydrogen-bond acceptors (Lipinski definition) is 2. The van der Waals surface area contributed by atoms with Gasteiger partial charge in [-0.3, -0.25) is 0 Å². The standard InChI is InChI=1S/C15H21F2NS/c1-3-19-14-9-5-8-13(14)18-10(2)11-6-4-7-12(16)15(11)17/h4,6-7,10,13-14,18H,3,5,8-9H2,1-2H3. The summed E-state index contributed by atoms with van der Waals surface area (Å²) in [6.45, 7) is 4.07. The number of benzene rings is 1. The van der Waals surface area contributed by atoms with Gasteiger partial charge in [0.05, 0.1) is 0 Å². The molecule has 1 aliphatic rings. The Morgan fingerprint density at radius 3 is 2.89 bits per heavy atom. The molecule has 106 valence electrons. The summed E-state index contributed by atoms with van der Waals surface area (Å²) in [7, 11) is 0. The molecule has 0 aromatic heterocycles. The summed E-state index contributed by atoms with van der Waals surface area (Å²) < 4.78 is 27.0. The monoisotopic (exact) mass is 285 g/mol. The van der Waals surface area contributed by atoms with Crippen LogP contribution in [-0.4, -0.2) is 17.0 Å². The van der Waals surface area contributed by atoms with Gasteiger partial charge in [0.1, 0.15) is 0 Å². The van der Waals surface area contributed by atoms with Gasteiger partial charge in [-0.1, -0.05) is 25.5 Å². The van der Waals surface area contributed by atoms with Gasteiger partial charge in [-0.2, -0.15) is 11.8 Å². The average molecular weight is 285 g/mol. The van der Waals surface area contributed by atoms with Gasteiger partial charge in [0, 0.05) is 22.9 Å². The number of hydrogen-bond donors (Lipinski definition) is 1. The van der Waals surface area contributed by atoms with Crippen LogP contribution in [0.1, 0.15) is 44.7 Å². The van der Waals surface area contributed by atoms with Crippen molar-refractivity contribution in [3.05, 3.63) is 35.4 Å². The van der Waals surface area contributed by atoms with Crippen LogP contribution >= 0.6 is 11.8 Å². The van der Waals surface area contributed by atoms with E-state index in [4.69, 9.17) is 0 Å². The third-order valence-corrected chi connectivity index (χ3v) is 5.07. The Bertz CT molecular complexity index is 425. The van der Waals surface area contributed by atoms with Gasteiger partial charge < -0.3 is 5.32 Å². The van der Waals surface area contributed by atoms with E-state index in [0.717, 1.165) is 18.2 Å². The predicted molar refractivity (Wildman–Crippen MR) is 77.5 cm³/mol. The molecule has 1 aromatic rings. The maximum atomic E-state index is 13.8. The van der Waals surface area contributed by atoms with Crippen molar-refractivity contribution in [2.24, 2.45) is 0 Å². The molecule has 1 fully saturated rings. The van der Waals surface area contributed by atoms with Crippen LogP contribution in [0.3, 0.4) is 0 Å². The third kappa shape index (κ3) is 3.48. The minimum Gasteiger partial charge on any atom is -0.306 e. The molecule has 4 heteroatoms. The number of rotatable bonds is 5. The molecule has 19 heavy (non-hydrogen) atoms. The molecule has 0 spiro atoms. The van der Waals surface area contributed by atoms with E-state index in [2.05, 4.69) is 12.2 Å². The zero-order valence-electron chi connectivity index (χ0n) is 11.5. The zero-order valence-corrected chi connectivity index (χ0v) is 12.3. The van der Waals surface area contributed by atoms with Gasteiger partial charge in [0.25, 0.3) is 0 Å². The summed E-state index contributed by atoms with van der Waals surface area (Å²) >= 11 is 1.96. The van der Waals surface area contributed by atoms with Crippen molar-refractivity contribution in [3.8, 4) is 0 Å². The lowest BCUT2D eigenvalue weighted by Crippen LogP contribution is -2.36. The van der Waals surface area contributed by atoms with Crippen LogP contribution in [0.5, 0.6) is 0 Å². The highest BCUT2D eigenvalue weighted by Gasteiger charge is 2.29. The summed E-state index contributed by atoms with van der Waals surface area (Å²) in [6.07, 6.45) is 3.56. The molecule has 1 N–H and O–H groups in total. The Morgan fingerprint density at radius 1 is 1.37 bits per heavy atom. The third-order valence-electron chi connectivity index (χ3n) is 3.75. The van der Waals surface area contributed by atoms with Gasteiger partial charge in [-0.25, -0.2) is 8.78 Å². The second-order valence-electron chi connectivity index (χ2n) is 5.06. The molecule has 3 atom stereocenters. The van der Waals surface area contributed by atoms with Gasteiger partial charge in [0.2, 0.25) is 0 Å². The predicted octanol–water partition coefficient (Wildman–Crippen LogP) is 4.29. The quantitative estimate of drug-likeness (QED) is 0.866. The topological polar surface area (TPSA) is 12.0 Å². The Balaban J connectivity index is 2.04. The largest absolute Gasteiger partial charge is 0.306 e. The van der Waals surface area contributed by atoms with Gasteiger partial charge >= 0.3 is 0 Å². The van der Waals surface area contributed by atoms with Gasteiger partial charge in [0.15, 0.2) is 11.6 Å². The Morgan fingerprint density at radius 2 is 2.16 bits per heavy atom. The van der Waals surface area contributed by atoms with Crippen molar-refractivity contribution in [3.63, 3.8) is 0 Å². The molecule has 0 heterocycles. The first kappa shape index (κ1) is 14.8. The van der Waals surface area contributed by atoms with Crippen molar-refractivity contribution in [2.75, 3.05) is 5.75 Å². The van der Waals surface area contributed by atoms with E-state index in [9.17, 15) is 8.78 Å². The molecule has 1 aliphatic carbocycles. The van der Waals surface area contributed by atoms with Crippen molar-refractivity contribution in [1.29, 1.82) is 0 Å². The minimum atomic E-state index is -0.767. The molecule has 3 unspecified atom stereocenters. The molecule has 1 aromatic carbocycles. The summed E-state index contributed by atoms with van der Waals surface area (Å²) in [6, 6.07) is 4.64. The molecular formula is C15H21F2NS. The lowest BCUT2D eigenvalue weighted by molar-refractivity contribution is 0.435. The molecule has 2 rings (SSSR count). The lowest BCUT2D eigenvalue weighted by Gasteiger charge is -2.25. The van der Waals surface area contributed by atoms with Crippen molar-refractivity contribution < 1.29 is 8.78 Å². The van der Waals surface area contributed by atoms with Crippen molar-refractivity contribution in [1.82, 2.24) is 5.32 Å². The fourth-order valence-electron chi connectivity index (χ4n) is 2.80. The van der Waals surface area contributed by atoms with E-state index in [1.54, 1.807) is 12.1 Å². The first-order valence-corrected chi connectivity index (χ1v) is 8.00. The van der Waals surface area contributed by atoms with Gasteiger partial charge in [-0.15, -0.1) is 0 Å². The van der Waals surface area contributed by atoms with Crippen LogP contribution in [0.25, 0.3) is 0 Å².